The fourth-order valence-electron chi connectivity index (χ4n) is 3.03. The van der Waals surface area contributed by atoms with E-state index in [1.807, 2.05) is 0 Å². The van der Waals surface area contributed by atoms with Gasteiger partial charge in [-0.3, -0.25) is 4.90 Å². The van der Waals surface area contributed by atoms with E-state index >= 15 is 0 Å². The minimum Gasteiger partial charge on any atom is -0.312 e. The van der Waals surface area contributed by atoms with E-state index in [2.05, 4.69) is 35.2 Å². The van der Waals surface area contributed by atoms with Gasteiger partial charge in [-0.2, -0.15) is 11.8 Å². The molecule has 0 aromatic rings. The molecule has 2 rings (SSSR count). The van der Waals surface area contributed by atoms with E-state index < -0.39 is 0 Å². The molecule has 3 atom stereocenters. The molecule has 15 heavy (non-hydrogen) atoms. The van der Waals surface area contributed by atoms with Crippen LogP contribution in [0.1, 0.15) is 32.6 Å². The van der Waals surface area contributed by atoms with Crippen LogP contribution >= 0.6 is 11.8 Å². The molecule has 1 N–H and O–H groups in total. The van der Waals surface area contributed by atoms with Crippen molar-refractivity contribution < 1.29 is 0 Å². The molecule has 2 fully saturated rings. The minimum absolute atomic E-state index is 0.684. The van der Waals surface area contributed by atoms with Crippen LogP contribution in [0.4, 0.5) is 0 Å². The molecule has 2 aliphatic rings. The van der Waals surface area contributed by atoms with Crippen LogP contribution < -0.4 is 5.32 Å². The highest BCUT2D eigenvalue weighted by atomic mass is 32.2. The quantitative estimate of drug-likeness (QED) is 0.778. The first-order valence-electron chi connectivity index (χ1n) is 6.31. The highest BCUT2D eigenvalue weighted by Gasteiger charge is 2.31. The average molecular weight is 228 g/mol. The SMILES string of the molecule is CSC1CCCCC1N1CCNC(C)C1. The number of hydrogen-bond donors (Lipinski definition) is 1. The van der Waals surface area contributed by atoms with E-state index in [9.17, 15) is 0 Å². The zero-order valence-corrected chi connectivity index (χ0v) is 10.9. The average Bonchev–Trinajstić information content (AvgIpc) is 2.29. The van der Waals surface area contributed by atoms with Crippen molar-refractivity contribution in [3.8, 4) is 0 Å². The van der Waals surface area contributed by atoms with Crippen molar-refractivity contribution in [1.29, 1.82) is 0 Å². The van der Waals surface area contributed by atoms with Gasteiger partial charge in [0.15, 0.2) is 0 Å². The lowest BCUT2D eigenvalue weighted by atomic mass is 9.93. The summed E-state index contributed by atoms with van der Waals surface area (Å²) in [6, 6.07) is 1.54. The smallest absolute Gasteiger partial charge is 0.0215 e. The van der Waals surface area contributed by atoms with Crippen molar-refractivity contribution in [2.24, 2.45) is 0 Å². The van der Waals surface area contributed by atoms with Gasteiger partial charge in [-0.05, 0) is 26.0 Å². The van der Waals surface area contributed by atoms with E-state index in [4.69, 9.17) is 0 Å². The van der Waals surface area contributed by atoms with Crippen LogP contribution in [0.3, 0.4) is 0 Å². The number of nitrogens with one attached hydrogen (secondary N) is 1. The van der Waals surface area contributed by atoms with Gasteiger partial charge in [-0.1, -0.05) is 12.8 Å². The first kappa shape index (κ1) is 11.7. The largest absolute Gasteiger partial charge is 0.312 e. The van der Waals surface area contributed by atoms with Gasteiger partial charge >= 0.3 is 0 Å². The van der Waals surface area contributed by atoms with Crippen molar-refractivity contribution in [3.63, 3.8) is 0 Å². The molecular weight excluding hydrogens is 204 g/mol. The highest BCUT2D eigenvalue weighted by Crippen LogP contribution is 2.31. The van der Waals surface area contributed by atoms with Crippen LogP contribution in [0.15, 0.2) is 0 Å². The second-order valence-electron chi connectivity index (χ2n) is 4.98. The van der Waals surface area contributed by atoms with Gasteiger partial charge in [-0.15, -0.1) is 0 Å². The van der Waals surface area contributed by atoms with E-state index in [0.29, 0.717) is 6.04 Å². The molecular formula is C12H24N2S. The summed E-state index contributed by atoms with van der Waals surface area (Å²) in [5, 5.41) is 4.43. The van der Waals surface area contributed by atoms with E-state index in [-0.39, 0.29) is 0 Å². The molecule has 3 unspecified atom stereocenters. The van der Waals surface area contributed by atoms with Crippen molar-refractivity contribution >= 4 is 11.8 Å². The molecule has 0 spiro atoms. The van der Waals surface area contributed by atoms with Crippen molar-refractivity contribution in [2.45, 2.75) is 49.9 Å². The van der Waals surface area contributed by atoms with Crippen LogP contribution in [0.25, 0.3) is 0 Å². The van der Waals surface area contributed by atoms with Crippen molar-refractivity contribution in [3.05, 3.63) is 0 Å². The van der Waals surface area contributed by atoms with Gasteiger partial charge in [0.05, 0.1) is 0 Å². The third-order valence-electron chi connectivity index (χ3n) is 3.84. The van der Waals surface area contributed by atoms with E-state index in [1.165, 1.54) is 45.3 Å². The molecule has 1 heterocycles. The molecule has 88 valence electrons. The van der Waals surface area contributed by atoms with Crippen LogP contribution in [-0.4, -0.2) is 48.1 Å². The first-order valence-corrected chi connectivity index (χ1v) is 7.60. The molecule has 0 aromatic carbocycles. The fourth-order valence-corrected chi connectivity index (χ4v) is 4.06. The summed E-state index contributed by atoms with van der Waals surface area (Å²) < 4.78 is 0. The van der Waals surface area contributed by atoms with E-state index in [0.717, 1.165) is 11.3 Å². The number of nitrogens with zero attached hydrogens (tertiary/aromatic N) is 1. The summed E-state index contributed by atoms with van der Waals surface area (Å²) in [5.41, 5.74) is 0. The molecule has 0 amide bonds. The second kappa shape index (κ2) is 5.55. The molecule has 3 heteroatoms. The summed E-state index contributed by atoms with van der Waals surface area (Å²) in [5.74, 6) is 0. The van der Waals surface area contributed by atoms with E-state index in [1.54, 1.807) is 0 Å². The Labute approximate surface area is 98.2 Å². The molecule has 1 aliphatic carbocycles. The Hall–Kier alpha value is 0.270. The summed E-state index contributed by atoms with van der Waals surface area (Å²) in [6.45, 7) is 6.00. The Morgan fingerprint density at radius 3 is 2.80 bits per heavy atom. The van der Waals surface area contributed by atoms with Crippen LogP contribution in [0.2, 0.25) is 0 Å². The lowest BCUT2D eigenvalue weighted by Gasteiger charge is -2.43. The number of hydrogen-bond acceptors (Lipinski definition) is 3. The van der Waals surface area contributed by atoms with Crippen molar-refractivity contribution in [2.75, 3.05) is 25.9 Å². The maximum Gasteiger partial charge on any atom is 0.0215 e. The molecule has 2 nitrogen and oxygen atoms in total. The zero-order chi connectivity index (χ0) is 10.7. The summed E-state index contributed by atoms with van der Waals surface area (Å²) in [6.07, 6.45) is 8.04. The first-order chi connectivity index (χ1) is 7.31. The lowest BCUT2D eigenvalue weighted by molar-refractivity contribution is 0.124. The van der Waals surface area contributed by atoms with Crippen LogP contribution in [-0.2, 0) is 0 Å². The normalized spacial score (nSPS) is 39.2. The third kappa shape index (κ3) is 2.89. The second-order valence-corrected chi connectivity index (χ2v) is 6.05. The number of thioether (sulfide) groups is 1. The number of rotatable bonds is 2. The Kier molecular flexibility index (Phi) is 4.35. The molecule has 0 radical (unpaired) electrons. The molecule has 1 saturated carbocycles. The Balaban J connectivity index is 1.94. The third-order valence-corrected chi connectivity index (χ3v) is 5.00. The molecule has 1 saturated heterocycles. The highest BCUT2D eigenvalue weighted by molar-refractivity contribution is 7.99. The fraction of sp³-hybridized carbons (Fsp3) is 1.00. The Bertz CT molecular complexity index is 198. The van der Waals surface area contributed by atoms with Gasteiger partial charge in [0.1, 0.15) is 0 Å². The van der Waals surface area contributed by atoms with Gasteiger partial charge in [0.25, 0.3) is 0 Å². The molecule has 0 bridgehead atoms. The standard InChI is InChI=1S/C12H24N2S/c1-10-9-14(8-7-13-10)11-5-3-4-6-12(11)15-2/h10-13H,3-9H2,1-2H3. The van der Waals surface area contributed by atoms with Crippen LogP contribution in [0, 0.1) is 0 Å². The van der Waals surface area contributed by atoms with Gasteiger partial charge in [0, 0.05) is 37.0 Å². The maximum absolute atomic E-state index is 3.54. The van der Waals surface area contributed by atoms with Crippen molar-refractivity contribution in [1.82, 2.24) is 10.2 Å². The van der Waals surface area contributed by atoms with Gasteiger partial charge < -0.3 is 5.32 Å². The topological polar surface area (TPSA) is 15.3 Å². The predicted octanol–water partition coefficient (Wildman–Crippen LogP) is 1.95. The maximum atomic E-state index is 3.54. The Morgan fingerprint density at radius 2 is 2.07 bits per heavy atom. The zero-order valence-electron chi connectivity index (χ0n) is 10.0. The molecule has 1 aliphatic heterocycles. The number of piperazine rings is 1. The summed E-state index contributed by atoms with van der Waals surface area (Å²) >= 11 is 2.09. The summed E-state index contributed by atoms with van der Waals surface area (Å²) in [4.78, 5) is 2.74. The van der Waals surface area contributed by atoms with Crippen LogP contribution in [0.5, 0.6) is 0 Å². The Morgan fingerprint density at radius 1 is 1.27 bits per heavy atom. The predicted molar refractivity (Wildman–Crippen MR) is 68.6 cm³/mol. The monoisotopic (exact) mass is 228 g/mol. The molecule has 0 aromatic heterocycles. The van der Waals surface area contributed by atoms with Gasteiger partial charge in [0.2, 0.25) is 0 Å². The minimum atomic E-state index is 0.684. The lowest BCUT2D eigenvalue weighted by Crippen LogP contribution is -2.55. The van der Waals surface area contributed by atoms with Gasteiger partial charge in [-0.25, -0.2) is 0 Å². The summed E-state index contributed by atoms with van der Waals surface area (Å²) in [7, 11) is 0.